The maximum Gasteiger partial charge on any atom is 0.309 e. The highest BCUT2D eigenvalue weighted by atomic mass is 19.1. The molecule has 2 aromatic rings. The van der Waals surface area contributed by atoms with Gasteiger partial charge in [0.15, 0.2) is 5.82 Å². The summed E-state index contributed by atoms with van der Waals surface area (Å²) in [6.07, 6.45) is 1.85. The van der Waals surface area contributed by atoms with Gasteiger partial charge in [0.1, 0.15) is 5.82 Å². The highest BCUT2D eigenvalue weighted by molar-refractivity contribution is 5.72. The van der Waals surface area contributed by atoms with Crippen molar-refractivity contribution in [2.45, 2.75) is 32.7 Å². The zero-order chi connectivity index (χ0) is 17.6. The molecule has 2 heterocycles. The highest BCUT2D eigenvalue weighted by Gasteiger charge is 2.26. The maximum absolute atomic E-state index is 13.7. The molecule has 0 aliphatic carbocycles. The van der Waals surface area contributed by atoms with Crippen molar-refractivity contribution in [3.8, 4) is 0 Å². The Morgan fingerprint density at radius 1 is 1.36 bits per heavy atom. The van der Waals surface area contributed by atoms with Crippen molar-refractivity contribution in [2.75, 3.05) is 19.7 Å². The third kappa shape index (κ3) is 4.63. The van der Waals surface area contributed by atoms with Gasteiger partial charge in [-0.2, -0.15) is 4.98 Å². The molecule has 6 nitrogen and oxygen atoms in total. The van der Waals surface area contributed by atoms with Crippen LogP contribution >= 0.6 is 0 Å². The molecule has 0 amide bonds. The Morgan fingerprint density at radius 3 is 2.84 bits per heavy atom. The molecule has 1 aromatic carbocycles. The van der Waals surface area contributed by atoms with Gasteiger partial charge >= 0.3 is 5.97 Å². The van der Waals surface area contributed by atoms with Gasteiger partial charge in [-0.1, -0.05) is 23.4 Å². The molecule has 1 aromatic heterocycles. The first-order chi connectivity index (χ1) is 12.2. The van der Waals surface area contributed by atoms with Crippen LogP contribution in [-0.4, -0.2) is 40.7 Å². The molecule has 0 atom stereocenters. The predicted octanol–water partition coefficient (Wildman–Crippen LogP) is 2.57. The number of halogens is 1. The smallest absolute Gasteiger partial charge is 0.309 e. The third-order valence-electron chi connectivity index (χ3n) is 4.38. The lowest BCUT2D eigenvalue weighted by Crippen LogP contribution is -2.36. The molecular formula is C18H22FN3O3. The van der Waals surface area contributed by atoms with Crippen LogP contribution in [0.3, 0.4) is 0 Å². The number of carbonyl (C=O) groups is 1. The Hall–Kier alpha value is -2.28. The summed E-state index contributed by atoms with van der Waals surface area (Å²) in [4.78, 5) is 18.3. The lowest BCUT2D eigenvalue weighted by Gasteiger charge is -2.29. The van der Waals surface area contributed by atoms with Gasteiger partial charge < -0.3 is 9.26 Å². The molecule has 0 N–H and O–H groups in total. The van der Waals surface area contributed by atoms with Gasteiger partial charge in [0.25, 0.3) is 0 Å². The van der Waals surface area contributed by atoms with E-state index in [9.17, 15) is 9.18 Å². The Morgan fingerprint density at radius 2 is 2.12 bits per heavy atom. The lowest BCUT2D eigenvalue weighted by atomic mass is 9.97. The Labute approximate surface area is 146 Å². The van der Waals surface area contributed by atoms with Gasteiger partial charge in [-0.05, 0) is 44.5 Å². The molecule has 1 fully saturated rings. The molecule has 7 heteroatoms. The van der Waals surface area contributed by atoms with Crippen LogP contribution < -0.4 is 0 Å². The lowest BCUT2D eigenvalue weighted by molar-refractivity contribution is -0.149. The normalized spacial score (nSPS) is 16.1. The van der Waals surface area contributed by atoms with Gasteiger partial charge in [0.05, 0.1) is 19.1 Å². The van der Waals surface area contributed by atoms with Gasteiger partial charge in [-0.3, -0.25) is 9.69 Å². The topological polar surface area (TPSA) is 68.5 Å². The molecule has 3 rings (SSSR count). The molecule has 25 heavy (non-hydrogen) atoms. The Balaban J connectivity index is 1.51. The van der Waals surface area contributed by atoms with E-state index in [-0.39, 0.29) is 17.7 Å². The van der Waals surface area contributed by atoms with Gasteiger partial charge in [-0.15, -0.1) is 0 Å². The Kier molecular flexibility index (Phi) is 5.75. The van der Waals surface area contributed by atoms with E-state index in [1.54, 1.807) is 18.2 Å². The summed E-state index contributed by atoms with van der Waals surface area (Å²) >= 11 is 0. The number of hydrogen-bond donors (Lipinski definition) is 0. The fourth-order valence-corrected chi connectivity index (χ4v) is 3.02. The Bertz CT molecular complexity index is 711. The van der Waals surface area contributed by atoms with E-state index in [2.05, 4.69) is 15.0 Å². The summed E-state index contributed by atoms with van der Waals surface area (Å²) in [5.41, 5.74) is 0.546. The first-order valence-electron chi connectivity index (χ1n) is 8.59. The van der Waals surface area contributed by atoms with Crippen molar-refractivity contribution in [3.63, 3.8) is 0 Å². The summed E-state index contributed by atoms with van der Waals surface area (Å²) in [6.45, 7) is 4.36. The van der Waals surface area contributed by atoms with Gasteiger partial charge in [0, 0.05) is 6.42 Å². The van der Waals surface area contributed by atoms with E-state index in [1.807, 2.05) is 6.92 Å². The standard InChI is InChI=1S/C18H22FN3O3/c1-2-24-18(23)13-7-9-22(10-8-13)12-17-20-16(21-25-17)11-14-5-3-4-6-15(14)19/h3-6,13H,2,7-12H2,1H3. The summed E-state index contributed by atoms with van der Waals surface area (Å²) in [7, 11) is 0. The number of likely N-dealkylation sites (tertiary alicyclic amines) is 1. The summed E-state index contributed by atoms with van der Waals surface area (Å²) in [6, 6.07) is 6.57. The van der Waals surface area contributed by atoms with E-state index >= 15 is 0 Å². The second-order valence-corrected chi connectivity index (χ2v) is 6.18. The van der Waals surface area contributed by atoms with Crippen molar-refractivity contribution in [1.29, 1.82) is 0 Å². The second-order valence-electron chi connectivity index (χ2n) is 6.18. The van der Waals surface area contributed by atoms with Crippen LogP contribution in [0, 0.1) is 11.7 Å². The van der Waals surface area contributed by atoms with E-state index in [0.29, 0.717) is 36.9 Å². The quantitative estimate of drug-likeness (QED) is 0.748. The summed E-state index contributed by atoms with van der Waals surface area (Å²) in [5.74, 6) is 0.597. The van der Waals surface area contributed by atoms with Crippen molar-refractivity contribution in [2.24, 2.45) is 5.92 Å². The molecule has 0 saturated carbocycles. The number of esters is 1. The van der Waals surface area contributed by atoms with Gasteiger partial charge in [0.2, 0.25) is 5.89 Å². The zero-order valence-electron chi connectivity index (χ0n) is 14.3. The molecule has 1 aliphatic heterocycles. The molecule has 1 aliphatic rings. The van der Waals surface area contributed by atoms with E-state index in [1.165, 1.54) is 6.07 Å². The van der Waals surface area contributed by atoms with E-state index < -0.39 is 0 Å². The van der Waals surface area contributed by atoms with Crippen LogP contribution in [0.5, 0.6) is 0 Å². The SMILES string of the molecule is CCOC(=O)C1CCN(Cc2nc(Cc3ccccc3F)no2)CC1. The minimum Gasteiger partial charge on any atom is -0.466 e. The number of rotatable bonds is 6. The molecule has 0 radical (unpaired) electrons. The minimum atomic E-state index is -0.269. The molecule has 1 saturated heterocycles. The van der Waals surface area contributed by atoms with Crippen molar-refractivity contribution in [1.82, 2.24) is 15.0 Å². The monoisotopic (exact) mass is 347 g/mol. The number of benzene rings is 1. The first-order valence-corrected chi connectivity index (χ1v) is 8.59. The number of aromatic nitrogens is 2. The summed E-state index contributed by atoms with van der Waals surface area (Å²) < 4.78 is 24.0. The second kappa shape index (κ2) is 8.20. The average molecular weight is 347 g/mol. The van der Waals surface area contributed by atoms with Crippen LogP contribution in [0.15, 0.2) is 28.8 Å². The first kappa shape index (κ1) is 17.5. The number of hydrogen-bond acceptors (Lipinski definition) is 6. The van der Waals surface area contributed by atoms with Crippen LogP contribution in [-0.2, 0) is 22.5 Å². The van der Waals surface area contributed by atoms with Crippen LogP contribution in [0.4, 0.5) is 4.39 Å². The van der Waals surface area contributed by atoms with Crippen LogP contribution in [0.25, 0.3) is 0 Å². The third-order valence-corrected chi connectivity index (χ3v) is 4.38. The van der Waals surface area contributed by atoms with Crippen molar-refractivity contribution in [3.05, 3.63) is 47.4 Å². The number of carbonyl (C=O) groups excluding carboxylic acids is 1. The molecular weight excluding hydrogens is 325 g/mol. The fourth-order valence-electron chi connectivity index (χ4n) is 3.02. The average Bonchev–Trinajstić information content (AvgIpc) is 3.05. The van der Waals surface area contributed by atoms with Gasteiger partial charge in [-0.25, -0.2) is 4.39 Å². The number of ether oxygens (including phenoxy) is 1. The van der Waals surface area contributed by atoms with Crippen LogP contribution in [0.2, 0.25) is 0 Å². The van der Waals surface area contributed by atoms with E-state index in [4.69, 9.17) is 9.26 Å². The van der Waals surface area contributed by atoms with Crippen LogP contribution in [0.1, 0.15) is 37.0 Å². The highest BCUT2D eigenvalue weighted by Crippen LogP contribution is 2.20. The maximum atomic E-state index is 13.7. The van der Waals surface area contributed by atoms with Crippen molar-refractivity contribution >= 4 is 5.97 Å². The van der Waals surface area contributed by atoms with E-state index in [0.717, 1.165) is 25.9 Å². The zero-order valence-corrected chi connectivity index (χ0v) is 14.3. The fraction of sp³-hybridized carbons (Fsp3) is 0.500. The predicted molar refractivity (Wildman–Crippen MR) is 88.1 cm³/mol. The summed E-state index contributed by atoms with van der Waals surface area (Å²) in [5, 5.41) is 3.93. The molecule has 134 valence electrons. The molecule has 0 unspecified atom stereocenters. The number of piperidine rings is 1. The molecule has 0 spiro atoms. The molecule has 0 bridgehead atoms. The largest absolute Gasteiger partial charge is 0.466 e. The minimum absolute atomic E-state index is 0.0181. The van der Waals surface area contributed by atoms with Crippen molar-refractivity contribution < 1.29 is 18.4 Å². The number of nitrogens with zero attached hydrogens (tertiary/aromatic N) is 3.